The zero-order chi connectivity index (χ0) is 16.4. The second-order valence-electron chi connectivity index (χ2n) is 6.42. The summed E-state index contributed by atoms with van der Waals surface area (Å²) in [6.07, 6.45) is 3.20. The molecule has 0 atom stereocenters. The number of nitrogens with two attached hydrogens (primary N) is 1. The SMILES string of the molecule is NC(=O)N1CCCN(C(=O)C2(c3cccc(F)c3)CCC2)CC1. The van der Waals surface area contributed by atoms with Gasteiger partial charge in [-0.25, -0.2) is 9.18 Å². The van der Waals surface area contributed by atoms with Crippen molar-refractivity contribution in [3.05, 3.63) is 35.6 Å². The van der Waals surface area contributed by atoms with Crippen molar-refractivity contribution in [2.24, 2.45) is 5.73 Å². The molecule has 5 nitrogen and oxygen atoms in total. The van der Waals surface area contributed by atoms with Crippen LogP contribution < -0.4 is 5.73 Å². The third-order valence-electron chi connectivity index (χ3n) is 5.09. The highest BCUT2D eigenvalue weighted by atomic mass is 19.1. The molecular weight excluding hydrogens is 297 g/mol. The molecule has 1 saturated heterocycles. The van der Waals surface area contributed by atoms with Crippen molar-refractivity contribution in [3.8, 4) is 0 Å². The Kier molecular flexibility index (Phi) is 4.24. The van der Waals surface area contributed by atoms with E-state index in [4.69, 9.17) is 5.73 Å². The molecule has 2 fully saturated rings. The topological polar surface area (TPSA) is 66.6 Å². The molecule has 0 unspecified atom stereocenters. The maximum absolute atomic E-state index is 13.6. The van der Waals surface area contributed by atoms with Gasteiger partial charge < -0.3 is 15.5 Å². The Morgan fingerprint density at radius 2 is 1.74 bits per heavy atom. The molecule has 2 aliphatic rings. The number of nitrogens with zero attached hydrogens (tertiary/aromatic N) is 2. The summed E-state index contributed by atoms with van der Waals surface area (Å²) in [6.45, 7) is 2.13. The third kappa shape index (κ3) is 2.90. The van der Waals surface area contributed by atoms with Crippen LogP contribution >= 0.6 is 0 Å². The lowest BCUT2D eigenvalue weighted by Gasteiger charge is -2.44. The van der Waals surface area contributed by atoms with Gasteiger partial charge in [-0.3, -0.25) is 4.79 Å². The molecule has 124 valence electrons. The number of hydrogen-bond donors (Lipinski definition) is 1. The predicted octanol–water partition coefficient (Wildman–Crippen LogP) is 1.86. The van der Waals surface area contributed by atoms with E-state index in [9.17, 15) is 14.0 Å². The molecule has 1 aliphatic heterocycles. The van der Waals surface area contributed by atoms with Crippen molar-refractivity contribution < 1.29 is 14.0 Å². The molecule has 3 rings (SSSR count). The van der Waals surface area contributed by atoms with Crippen LogP contribution in [-0.2, 0) is 10.2 Å². The Morgan fingerprint density at radius 1 is 1.04 bits per heavy atom. The molecule has 2 N–H and O–H groups in total. The quantitative estimate of drug-likeness (QED) is 0.904. The summed E-state index contributed by atoms with van der Waals surface area (Å²) in [7, 11) is 0. The highest BCUT2D eigenvalue weighted by Crippen LogP contribution is 2.45. The Labute approximate surface area is 135 Å². The minimum Gasteiger partial charge on any atom is -0.351 e. The summed E-state index contributed by atoms with van der Waals surface area (Å²) in [6, 6.07) is 5.94. The maximum Gasteiger partial charge on any atom is 0.314 e. The van der Waals surface area contributed by atoms with Crippen LogP contribution in [0.4, 0.5) is 9.18 Å². The van der Waals surface area contributed by atoms with E-state index < -0.39 is 11.4 Å². The molecule has 23 heavy (non-hydrogen) atoms. The van der Waals surface area contributed by atoms with Crippen molar-refractivity contribution in [2.45, 2.75) is 31.1 Å². The van der Waals surface area contributed by atoms with E-state index in [1.165, 1.54) is 12.1 Å². The van der Waals surface area contributed by atoms with E-state index in [1.807, 2.05) is 11.0 Å². The van der Waals surface area contributed by atoms with Crippen molar-refractivity contribution in [3.63, 3.8) is 0 Å². The third-order valence-corrected chi connectivity index (χ3v) is 5.09. The first-order chi connectivity index (χ1) is 11.0. The summed E-state index contributed by atoms with van der Waals surface area (Å²) >= 11 is 0. The van der Waals surface area contributed by atoms with Gasteiger partial charge in [-0.1, -0.05) is 18.6 Å². The van der Waals surface area contributed by atoms with Crippen LogP contribution in [0.5, 0.6) is 0 Å². The first-order valence-corrected chi connectivity index (χ1v) is 8.13. The average Bonchev–Trinajstić information content (AvgIpc) is 2.72. The van der Waals surface area contributed by atoms with Gasteiger partial charge in [-0.05, 0) is 37.0 Å². The van der Waals surface area contributed by atoms with E-state index in [1.54, 1.807) is 11.0 Å². The van der Waals surface area contributed by atoms with Crippen LogP contribution in [0.3, 0.4) is 0 Å². The lowest BCUT2D eigenvalue weighted by Crippen LogP contribution is -2.52. The van der Waals surface area contributed by atoms with E-state index in [0.29, 0.717) is 32.6 Å². The molecule has 1 aromatic carbocycles. The number of carbonyl (C=O) groups excluding carboxylic acids is 2. The van der Waals surface area contributed by atoms with Gasteiger partial charge in [0.25, 0.3) is 0 Å². The number of hydrogen-bond acceptors (Lipinski definition) is 2. The number of halogens is 1. The average molecular weight is 319 g/mol. The number of primary amides is 1. The molecule has 3 amide bonds. The predicted molar refractivity (Wildman–Crippen MR) is 84.3 cm³/mol. The molecule has 0 radical (unpaired) electrons. The Bertz CT molecular complexity index is 616. The van der Waals surface area contributed by atoms with Gasteiger partial charge in [0.1, 0.15) is 5.82 Å². The Balaban J connectivity index is 1.79. The van der Waals surface area contributed by atoms with Crippen LogP contribution in [0.25, 0.3) is 0 Å². The van der Waals surface area contributed by atoms with E-state index in [0.717, 1.165) is 24.8 Å². The van der Waals surface area contributed by atoms with Gasteiger partial charge in [-0.15, -0.1) is 0 Å². The summed E-state index contributed by atoms with van der Waals surface area (Å²) in [5, 5.41) is 0. The van der Waals surface area contributed by atoms with Gasteiger partial charge in [0.15, 0.2) is 0 Å². The van der Waals surface area contributed by atoms with Crippen LogP contribution in [0.2, 0.25) is 0 Å². The lowest BCUT2D eigenvalue weighted by atomic mass is 9.63. The minimum atomic E-state index is -0.593. The molecule has 0 aromatic heterocycles. The van der Waals surface area contributed by atoms with Crippen molar-refractivity contribution >= 4 is 11.9 Å². The standard InChI is InChI=1S/C17H22FN3O2/c18-14-5-1-4-13(12-14)17(6-2-7-17)15(22)20-8-3-9-21(11-10-20)16(19)23/h1,4-5,12H,2-3,6-11H2,(H2,19,23). The van der Waals surface area contributed by atoms with Gasteiger partial charge in [-0.2, -0.15) is 0 Å². The van der Waals surface area contributed by atoms with Gasteiger partial charge in [0.05, 0.1) is 5.41 Å². The van der Waals surface area contributed by atoms with Crippen LogP contribution in [0.1, 0.15) is 31.2 Å². The van der Waals surface area contributed by atoms with Crippen LogP contribution in [0.15, 0.2) is 24.3 Å². The summed E-state index contributed by atoms with van der Waals surface area (Å²) < 4.78 is 13.6. The fraction of sp³-hybridized carbons (Fsp3) is 0.529. The van der Waals surface area contributed by atoms with E-state index in [2.05, 4.69) is 0 Å². The lowest BCUT2D eigenvalue weighted by molar-refractivity contribution is -0.140. The van der Waals surface area contributed by atoms with E-state index >= 15 is 0 Å². The number of carbonyl (C=O) groups is 2. The zero-order valence-electron chi connectivity index (χ0n) is 13.1. The van der Waals surface area contributed by atoms with Crippen LogP contribution in [0, 0.1) is 5.82 Å². The second-order valence-corrected chi connectivity index (χ2v) is 6.42. The summed E-state index contributed by atoms with van der Waals surface area (Å²) in [5.41, 5.74) is 5.51. The van der Waals surface area contributed by atoms with Crippen molar-refractivity contribution in [1.29, 1.82) is 0 Å². The molecule has 0 spiro atoms. The normalized spacial score (nSPS) is 20.6. The smallest absolute Gasteiger partial charge is 0.314 e. The number of rotatable bonds is 2. The Hall–Kier alpha value is -2.11. The summed E-state index contributed by atoms with van der Waals surface area (Å²) in [5.74, 6) is -0.252. The van der Waals surface area contributed by atoms with Crippen LogP contribution in [-0.4, -0.2) is 47.9 Å². The number of urea groups is 1. The minimum absolute atomic E-state index is 0.0562. The highest BCUT2D eigenvalue weighted by molar-refractivity contribution is 5.89. The Morgan fingerprint density at radius 3 is 2.35 bits per heavy atom. The first kappa shape index (κ1) is 15.8. The zero-order valence-corrected chi connectivity index (χ0v) is 13.1. The molecule has 1 aliphatic carbocycles. The monoisotopic (exact) mass is 319 g/mol. The number of amides is 3. The molecule has 0 bridgehead atoms. The number of benzene rings is 1. The molecule has 1 aromatic rings. The second kappa shape index (κ2) is 6.18. The van der Waals surface area contributed by atoms with Gasteiger partial charge >= 0.3 is 6.03 Å². The van der Waals surface area contributed by atoms with Gasteiger partial charge in [0.2, 0.25) is 5.91 Å². The van der Waals surface area contributed by atoms with Crippen molar-refractivity contribution in [1.82, 2.24) is 9.80 Å². The van der Waals surface area contributed by atoms with E-state index in [-0.39, 0.29) is 11.7 Å². The fourth-order valence-corrected chi connectivity index (χ4v) is 3.59. The molecule has 1 heterocycles. The molecule has 6 heteroatoms. The largest absolute Gasteiger partial charge is 0.351 e. The summed E-state index contributed by atoms with van der Waals surface area (Å²) in [4.78, 5) is 27.8. The van der Waals surface area contributed by atoms with Gasteiger partial charge in [0, 0.05) is 26.2 Å². The maximum atomic E-state index is 13.6. The molecular formula is C17H22FN3O2. The fourth-order valence-electron chi connectivity index (χ4n) is 3.59. The highest BCUT2D eigenvalue weighted by Gasteiger charge is 2.47. The first-order valence-electron chi connectivity index (χ1n) is 8.13. The van der Waals surface area contributed by atoms with Crippen molar-refractivity contribution in [2.75, 3.05) is 26.2 Å². The molecule has 1 saturated carbocycles.